The predicted molar refractivity (Wildman–Crippen MR) is 70.3 cm³/mol. The lowest BCUT2D eigenvalue weighted by Gasteiger charge is -2.03. The molecule has 0 N–H and O–H groups in total. The van der Waals surface area contributed by atoms with Gasteiger partial charge in [-0.3, -0.25) is 0 Å². The predicted octanol–water partition coefficient (Wildman–Crippen LogP) is 1.32. The second-order valence-corrected chi connectivity index (χ2v) is 6.03. The van der Waals surface area contributed by atoms with Crippen molar-refractivity contribution in [1.29, 1.82) is 0 Å². The topological polar surface area (TPSA) is 69.8 Å². The first-order valence-corrected chi connectivity index (χ1v) is 7.12. The second kappa shape index (κ2) is 3.92. The minimum absolute atomic E-state index is 0.0238. The zero-order valence-electron chi connectivity index (χ0n) is 10.5. The van der Waals surface area contributed by atoms with Crippen LogP contribution in [-0.4, -0.2) is 26.9 Å². The van der Waals surface area contributed by atoms with Crippen LogP contribution < -0.4 is 0 Å². The largest absolute Gasteiger partial charge is 0.337 e. The maximum atomic E-state index is 12.5. The molecule has 0 aliphatic heterocycles. The fourth-order valence-corrected chi connectivity index (χ4v) is 3.23. The normalized spacial score (nSPS) is 12.1. The molecule has 0 atom stereocenters. The zero-order chi connectivity index (χ0) is 13.6. The van der Waals surface area contributed by atoms with Crippen LogP contribution in [0.5, 0.6) is 0 Å². The van der Waals surface area contributed by atoms with Crippen molar-refractivity contribution >= 4 is 21.1 Å². The van der Waals surface area contributed by atoms with Crippen molar-refractivity contribution in [3.8, 4) is 0 Å². The van der Waals surface area contributed by atoms with E-state index in [2.05, 4.69) is 9.97 Å². The van der Waals surface area contributed by atoms with Crippen LogP contribution in [-0.2, 0) is 17.1 Å². The van der Waals surface area contributed by atoms with Gasteiger partial charge >= 0.3 is 0 Å². The second-order valence-electron chi connectivity index (χ2n) is 4.27. The van der Waals surface area contributed by atoms with E-state index in [0.29, 0.717) is 11.5 Å². The molecule has 0 unspecified atom stereocenters. The molecule has 0 saturated heterocycles. The fraction of sp³-hybridized carbons (Fsp3) is 0.167. The molecule has 0 fully saturated rings. The number of aromatic nitrogens is 4. The molecule has 0 saturated carbocycles. The van der Waals surface area contributed by atoms with E-state index in [1.54, 1.807) is 36.9 Å². The Hall–Kier alpha value is -2.15. The van der Waals surface area contributed by atoms with Crippen LogP contribution in [0.15, 0.2) is 41.8 Å². The number of nitrogens with zero attached hydrogens (tertiary/aromatic N) is 4. The monoisotopic (exact) mass is 276 g/mol. The van der Waals surface area contributed by atoms with Gasteiger partial charge in [0.05, 0.1) is 0 Å². The molecule has 0 aliphatic carbocycles. The average Bonchev–Trinajstić information content (AvgIpc) is 2.94. The average molecular weight is 276 g/mol. The highest BCUT2D eigenvalue weighted by molar-refractivity contribution is 7.90. The maximum absolute atomic E-state index is 12.5. The smallest absolute Gasteiger partial charge is 0.288 e. The third kappa shape index (κ3) is 1.74. The van der Waals surface area contributed by atoms with E-state index in [1.807, 2.05) is 6.07 Å². The van der Waals surface area contributed by atoms with Crippen LogP contribution in [0.2, 0.25) is 0 Å². The van der Waals surface area contributed by atoms with Crippen molar-refractivity contribution in [1.82, 2.24) is 18.5 Å². The third-order valence-electron chi connectivity index (χ3n) is 3.02. The summed E-state index contributed by atoms with van der Waals surface area (Å²) in [5.41, 5.74) is 0.408. The zero-order valence-corrected chi connectivity index (χ0v) is 11.3. The first-order valence-electron chi connectivity index (χ1n) is 5.68. The van der Waals surface area contributed by atoms with Gasteiger partial charge in [-0.15, -0.1) is 0 Å². The Morgan fingerprint density at radius 1 is 1.26 bits per heavy atom. The molecule has 3 aromatic rings. The van der Waals surface area contributed by atoms with E-state index in [0.717, 1.165) is 9.36 Å². The van der Waals surface area contributed by atoms with E-state index >= 15 is 0 Å². The van der Waals surface area contributed by atoms with Gasteiger partial charge in [0.15, 0.2) is 10.7 Å². The van der Waals surface area contributed by atoms with Gasteiger partial charge in [-0.05, 0) is 25.1 Å². The molecule has 6 nitrogen and oxygen atoms in total. The number of hydrogen-bond donors (Lipinski definition) is 0. The Morgan fingerprint density at radius 2 is 2.05 bits per heavy atom. The standard InChI is InChI=1S/C12H12N4O2S/c1-9-14-11(8-15(9)2)19(17,18)16-7-5-10-4-3-6-13-12(10)16/h3-8H,1-2H3. The Morgan fingerprint density at radius 3 is 2.74 bits per heavy atom. The molecule has 0 bridgehead atoms. The van der Waals surface area contributed by atoms with Crippen molar-refractivity contribution in [2.24, 2.45) is 7.05 Å². The molecule has 3 rings (SSSR count). The molecule has 0 spiro atoms. The first-order chi connectivity index (χ1) is 9.00. The van der Waals surface area contributed by atoms with Crippen LogP contribution in [0.4, 0.5) is 0 Å². The molecule has 0 aromatic carbocycles. The summed E-state index contributed by atoms with van der Waals surface area (Å²) in [5, 5.41) is 0.800. The summed E-state index contributed by atoms with van der Waals surface area (Å²) >= 11 is 0. The van der Waals surface area contributed by atoms with Crippen LogP contribution in [0.25, 0.3) is 11.0 Å². The number of aryl methyl sites for hydroxylation is 2. The van der Waals surface area contributed by atoms with E-state index in [9.17, 15) is 8.42 Å². The summed E-state index contributed by atoms with van der Waals surface area (Å²) in [7, 11) is -1.94. The molecule has 7 heteroatoms. The number of pyridine rings is 1. The van der Waals surface area contributed by atoms with Gasteiger partial charge in [-0.2, -0.15) is 8.42 Å². The lowest BCUT2D eigenvalue weighted by Crippen LogP contribution is -2.12. The van der Waals surface area contributed by atoms with Gasteiger partial charge in [0, 0.05) is 31.0 Å². The quantitative estimate of drug-likeness (QED) is 0.707. The summed E-state index contributed by atoms with van der Waals surface area (Å²) in [4.78, 5) is 8.18. The highest BCUT2D eigenvalue weighted by Crippen LogP contribution is 2.19. The number of rotatable bonds is 2. The van der Waals surface area contributed by atoms with Gasteiger partial charge in [0.2, 0.25) is 0 Å². The summed E-state index contributed by atoms with van der Waals surface area (Å²) in [5.74, 6) is 0.642. The van der Waals surface area contributed by atoms with Crippen molar-refractivity contribution in [2.45, 2.75) is 11.9 Å². The summed E-state index contributed by atoms with van der Waals surface area (Å²) in [6, 6.07) is 5.30. The highest BCUT2D eigenvalue weighted by atomic mass is 32.2. The maximum Gasteiger partial charge on any atom is 0.288 e. The highest BCUT2D eigenvalue weighted by Gasteiger charge is 2.22. The third-order valence-corrected chi connectivity index (χ3v) is 4.56. The minimum atomic E-state index is -3.70. The fourth-order valence-electron chi connectivity index (χ4n) is 1.89. The Labute approximate surface area is 110 Å². The molecule has 19 heavy (non-hydrogen) atoms. The van der Waals surface area contributed by atoms with Crippen LogP contribution >= 0.6 is 0 Å². The lowest BCUT2D eigenvalue weighted by atomic mass is 10.3. The molecule has 3 aromatic heterocycles. The summed E-state index contributed by atoms with van der Waals surface area (Å²) in [6.45, 7) is 1.75. The van der Waals surface area contributed by atoms with Crippen LogP contribution in [0.3, 0.4) is 0 Å². The van der Waals surface area contributed by atoms with Gasteiger partial charge in [-0.25, -0.2) is 13.9 Å². The molecule has 0 aliphatic rings. The van der Waals surface area contributed by atoms with E-state index < -0.39 is 10.0 Å². The minimum Gasteiger partial charge on any atom is -0.337 e. The molecule has 3 heterocycles. The molecule has 0 amide bonds. The number of imidazole rings is 1. The van der Waals surface area contributed by atoms with Crippen molar-refractivity contribution in [2.75, 3.05) is 0 Å². The van der Waals surface area contributed by atoms with Crippen molar-refractivity contribution in [3.05, 3.63) is 42.6 Å². The van der Waals surface area contributed by atoms with Gasteiger partial charge in [0.25, 0.3) is 10.0 Å². The van der Waals surface area contributed by atoms with E-state index in [-0.39, 0.29) is 5.03 Å². The Balaban J connectivity index is 2.25. The summed E-state index contributed by atoms with van der Waals surface area (Å²) < 4.78 is 27.9. The van der Waals surface area contributed by atoms with Crippen LogP contribution in [0, 0.1) is 6.92 Å². The Bertz CT molecular complexity index is 841. The SMILES string of the molecule is Cc1nc(S(=O)(=O)n2ccc3cccnc32)cn1C. The Kier molecular flexibility index (Phi) is 2.46. The van der Waals surface area contributed by atoms with Gasteiger partial charge in [0.1, 0.15) is 5.82 Å². The van der Waals surface area contributed by atoms with Crippen molar-refractivity contribution in [3.63, 3.8) is 0 Å². The first kappa shape index (κ1) is 11.9. The summed E-state index contributed by atoms with van der Waals surface area (Å²) in [6.07, 6.45) is 4.56. The van der Waals surface area contributed by atoms with E-state index in [4.69, 9.17) is 0 Å². The molecular weight excluding hydrogens is 264 g/mol. The molecule has 98 valence electrons. The van der Waals surface area contributed by atoms with Gasteiger partial charge in [-0.1, -0.05) is 0 Å². The van der Waals surface area contributed by atoms with Crippen LogP contribution in [0.1, 0.15) is 5.82 Å². The number of fused-ring (bicyclic) bond motifs is 1. The van der Waals surface area contributed by atoms with Gasteiger partial charge < -0.3 is 4.57 Å². The number of hydrogen-bond acceptors (Lipinski definition) is 4. The molecular formula is C12H12N4O2S. The van der Waals surface area contributed by atoms with E-state index in [1.165, 1.54) is 12.4 Å². The lowest BCUT2D eigenvalue weighted by molar-refractivity contribution is 0.585. The molecule has 0 radical (unpaired) electrons. The van der Waals surface area contributed by atoms with Crippen molar-refractivity contribution < 1.29 is 8.42 Å².